The maximum Gasteiger partial charge on any atom is 0.252 e. The fourth-order valence-corrected chi connectivity index (χ4v) is 4.51. The van der Waals surface area contributed by atoms with Gasteiger partial charge in [-0.1, -0.05) is 48.0 Å². The minimum absolute atomic E-state index is 0.405. The summed E-state index contributed by atoms with van der Waals surface area (Å²) in [5.41, 5.74) is 5.85. The predicted octanol–water partition coefficient (Wildman–Crippen LogP) is 5.12. The van der Waals surface area contributed by atoms with Gasteiger partial charge in [0.2, 0.25) is 0 Å². The van der Waals surface area contributed by atoms with Crippen LogP contribution in [-0.4, -0.2) is 29.3 Å². The van der Waals surface area contributed by atoms with Crippen LogP contribution in [0.25, 0.3) is 5.57 Å². The first-order chi connectivity index (χ1) is 12.1. The lowest BCUT2D eigenvalue weighted by atomic mass is 9.85. The number of carbonyl (C=O) groups is 1. The SMILES string of the molecule is CN1C2CCC1CC(=C(c1ccccc1)c1ccc(C(=O)Cl)cc1)C2. The van der Waals surface area contributed by atoms with Gasteiger partial charge in [0, 0.05) is 17.6 Å². The number of carbonyl (C=O) groups excluding carboxylic acids is 1. The maximum atomic E-state index is 11.4. The highest BCUT2D eigenvalue weighted by atomic mass is 35.5. The Bertz CT molecular complexity index is 794. The minimum Gasteiger partial charge on any atom is -0.300 e. The van der Waals surface area contributed by atoms with Gasteiger partial charge in [-0.25, -0.2) is 0 Å². The second kappa shape index (κ2) is 6.78. The van der Waals surface area contributed by atoms with Gasteiger partial charge in [0.1, 0.15) is 0 Å². The lowest BCUT2D eigenvalue weighted by Gasteiger charge is -2.34. The molecule has 2 atom stereocenters. The molecule has 0 radical (unpaired) electrons. The van der Waals surface area contributed by atoms with Gasteiger partial charge in [-0.05, 0) is 73.2 Å². The van der Waals surface area contributed by atoms with E-state index >= 15 is 0 Å². The van der Waals surface area contributed by atoms with E-state index in [9.17, 15) is 4.79 Å². The van der Waals surface area contributed by atoms with Crippen LogP contribution in [-0.2, 0) is 0 Å². The molecule has 0 saturated carbocycles. The smallest absolute Gasteiger partial charge is 0.252 e. The zero-order valence-corrected chi connectivity index (χ0v) is 15.2. The maximum absolute atomic E-state index is 11.4. The van der Waals surface area contributed by atoms with E-state index in [1.165, 1.54) is 29.5 Å². The quantitative estimate of drug-likeness (QED) is 0.715. The van der Waals surface area contributed by atoms with Crippen LogP contribution in [0, 0.1) is 0 Å². The fourth-order valence-electron chi connectivity index (χ4n) is 4.39. The lowest BCUT2D eigenvalue weighted by Crippen LogP contribution is -2.37. The molecule has 2 fully saturated rings. The average Bonchev–Trinajstić information content (AvgIpc) is 2.84. The highest BCUT2D eigenvalue weighted by Gasteiger charge is 2.37. The first-order valence-corrected chi connectivity index (χ1v) is 9.31. The summed E-state index contributed by atoms with van der Waals surface area (Å²) >= 11 is 5.61. The highest BCUT2D eigenvalue weighted by Crippen LogP contribution is 2.42. The molecule has 2 bridgehead atoms. The van der Waals surface area contributed by atoms with E-state index < -0.39 is 5.24 Å². The van der Waals surface area contributed by atoms with Gasteiger partial charge < -0.3 is 0 Å². The molecule has 2 unspecified atom stereocenters. The van der Waals surface area contributed by atoms with Crippen molar-refractivity contribution in [2.45, 2.75) is 37.8 Å². The Morgan fingerprint density at radius 2 is 1.40 bits per heavy atom. The Morgan fingerprint density at radius 3 is 1.96 bits per heavy atom. The number of rotatable bonds is 3. The van der Waals surface area contributed by atoms with E-state index in [4.69, 9.17) is 11.6 Å². The van der Waals surface area contributed by atoms with E-state index in [1.54, 1.807) is 5.57 Å². The van der Waals surface area contributed by atoms with E-state index in [2.05, 4.69) is 42.3 Å². The molecule has 0 N–H and O–H groups in total. The van der Waals surface area contributed by atoms with E-state index in [-0.39, 0.29) is 0 Å². The Kier molecular flexibility index (Phi) is 4.49. The van der Waals surface area contributed by atoms with Crippen LogP contribution in [0.3, 0.4) is 0 Å². The zero-order chi connectivity index (χ0) is 17.4. The van der Waals surface area contributed by atoms with Crippen molar-refractivity contribution >= 4 is 22.4 Å². The van der Waals surface area contributed by atoms with Crippen molar-refractivity contribution in [1.82, 2.24) is 4.90 Å². The molecule has 0 aliphatic carbocycles. The second-order valence-corrected chi connectivity index (χ2v) is 7.50. The molecule has 2 saturated heterocycles. The summed E-state index contributed by atoms with van der Waals surface area (Å²) in [5.74, 6) is 0. The summed E-state index contributed by atoms with van der Waals surface area (Å²) < 4.78 is 0. The van der Waals surface area contributed by atoms with Gasteiger partial charge in [0.05, 0.1) is 0 Å². The number of nitrogens with zero attached hydrogens (tertiary/aromatic N) is 1. The summed E-state index contributed by atoms with van der Waals surface area (Å²) in [4.78, 5) is 13.9. The monoisotopic (exact) mass is 351 g/mol. The third-order valence-electron chi connectivity index (χ3n) is 5.77. The molecule has 2 heterocycles. The molecule has 0 aromatic heterocycles. The van der Waals surface area contributed by atoms with Gasteiger partial charge in [0.25, 0.3) is 5.24 Å². The van der Waals surface area contributed by atoms with Crippen LogP contribution >= 0.6 is 11.6 Å². The number of piperidine rings is 1. The molecule has 2 aliphatic heterocycles. The van der Waals surface area contributed by atoms with E-state index in [0.29, 0.717) is 17.6 Å². The topological polar surface area (TPSA) is 20.3 Å². The van der Waals surface area contributed by atoms with Crippen LogP contribution < -0.4 is 0 Å². The Labute approximate surface area is 154 Å². The van der Waals surface area contributed by atoms with Crippen molar-refractivity contribution in [2.75, 3.05) is 7.05 Å². The first-order valence-electron chi connectivity index (χ1n) is 8.93. The van der Waals surface area contributed by atoms with Crippen LogP contribution in [0.1, 0.15) is 47.2 Å². The summed E-state index contributed by atoms with van der Waals surface area (Å²) in [5, 5.41) is -0.405. The number of hydrogen-bond donors (Lipinski definition) is 0. The van der Waals surface area contributed by atoms with Gasteiger partial charge >= 0.3 is 0 Å². The molecule has 3 heteroatoms. The summed E-state index contributed by atoms with van der Waals surface area (Å²) in [6, 6.07) is 19.7. The van der Waals surface area contributed by atoms with Gasteiger partial charge in [-0.2, -0.15) is 0 Å². The van der Waals surface area contributed by atoms with E-state index in [0.717, 1.165) is 12.8 Å². The molecular weight excluding hydrogens is 330 g/mol. The molecule has 128 valence electrons. The number of halogens is 1. The van der Waals surface area contributed by atoms with Gasteiger partial charge in [0.15, 0.2) is 0 Å². The predicted molar refractivity (Wildman–Crippen MR) is 103 cm³/mol. The molecule has 4 rings (SSSR count). The second-order valence-electron chi connectivity index (χ2n) is 7.15. The Balaban J connectivity index is 1.80. The molecular formula is C22H22ClNO. The standard InChI is InChI=1S/C22H22ClNO/c1-24-19-11-12-20(24)14-18(13-19)21(15-5-3-2-4-6-15)16-7-9-17(10-8-16)22(23)25/h2-10,19-20H,11-14H2,1H3. The van der Waals surface area contributed by atoms with Crippen molar-refractivity contribution in [3.63, 3.8) is 0 Å². The molecule has 25 heavy (non-hydrogen) atoms. The van der Waals surface area contributed by atoms with Crippen LogP contribution in [0.15, 0.2) is 60.2 Å². The third kappa shape index (κ3) is 3.17. The highest BCUT2D eigenvalue weighted by molar-refractivity contribution is 6.67. The van der Waals surface area contributed by atoms with Crippen LogP contribution in [0.4, 0.5) is 0 Å². The van der Waals surface area contributed by atoms with Crippen LogP contribution in [0.5, 0.6) is 0 Å². The van der Waals surface area contributed by atoms with Crippen molar-refractivity contribution in [1.29, 1.82) is 0 Å². The molecule has 2 aromatic rings. The molecule has 2 aromatic carbocycles. The molecule has 0 amide bonds. The Hall–Kier alpha value is -1.90. The summed E-state index contributed by atoms with van der Waals surface area (Å²) in [7, 11) is 2.27. The first kappa shape index (κ1) is 16.6. The zero-order valence-electron chi connectivity index (χ0n) is 14.4. The van der Waals surface area contributed by atoms with Crippen molar-refractivity contribution < 1.29 is 4.79 Å². The van der Waals surface area contributed by atoms with Crippen LogP contribution in [0.2, 0.25) is 0 Å². The van der Waals surface area contributed by atoms with Crippen molar-refractivity contribution in [3.05, 3.63) is 76.9 Å². The lowest BCUT2D eigenvalue weighted by molar-refractivity contribution is 0.108. The van der Waals surface area contributed by atoms with Gasteiger partial charge in [-0.15, -0.1) is 0 Å². The summed E-state index contributed by atoms with van der Waals surface area (Å²) in [6.07, 6.45) is 4.86. The molecule has 2 nitrogen and oxygen atoms in total. The van der Waals surface area contributed by atoms with Crippen molar-refractivity contribution in [2.24, 2.45) is 0 Å². The third-order valence-corrected chi connectivity index (χ3v) is 5.98. The average molecular weight is 352 g/mol. The molecule has 0 spiro atoms. The summed E-state index contributed by atoms with van der Waals surface area (Å²) in [6.45, 7) is 0. The van der Waals surface area contributed by atoms with E-state index in [1.807, 2.05) is 24.3 Å². The molecule has 2 aliphatic rings. The normalized spacial score (nSPS) is 22.9. The van der Waals surface area contributed by atoms with Gasteiger partial charge in [-0.3, -0.25) is 9.69 Å². The largest absolute Gasteiger partial charge is 0.300 e. The fraction of sp³-hybridized carbons (Fsp3) is 0.318. The number of benzene rings is 2. The minimum atomic E-state index is -0.405. The number of hydrogen-bond acceptors (Lipinski definition) is 2. The Morgan fingerprint density at radius 1 is 0.880 bits per heavy atom. The van der Waals surface area contributed by atoms with Crippen molar-refractivity contribution in [3.8, 4) is 0 Å². The number of fused-ring (bicyclic) bond motifs is 2.